The second kappa shape index (κ2) is 7.63. The van der Waals surface area contributed by atoms with Crippen molar-refractivity contribution in [1.29, 1.82) is 0 Å². The van der Waals surface area contributed by atoms with Crippen LogP contribution in [0.3, 0.4) is 0 Å². The van der Waals surface area contributed by atoms with Crippen LogP contribution >= 0.6 is 0 Å². The summed E-state index contributed by atoms with van der Waals surface area (Å²) < 4.78 is 0. The number of piperidine rings is 1. The highest BCUT2D eigenvalue weighted by Crippen LogP contribution is 2.33. The predicted octanol–water partition coefficient (Wildman–Crippen LogP) is 3.75. The Hall–Kier alpha value is -3.09. The number of H-pyrrole nitrogens is 2. The van der Waals surface area contributed by atoms with Crippen LogP contribution in [0.15, 0.2) is 24.4 Å². The lowest BCUT2D eigenvalue weighted by atomic mass is 9.93. The lowest BCUT2D eigenvalue weighted by molar-refractivity contribution is -0.114. The number of amides is 2. The number of fused-ring (bicyclic) bond motifs is 3. The quantitative estimate of drug-likeness (QED) is 0.619. The van der Waals surface area contributed by atoms with E-state index in [-0.39, 0.29) is 17.7 Å². The average molecular weight is 406 g/mol. The van der Waals surface area contributed by atoms with Gasteiger partial charge in [0.1, 0.15) is 0 Å². The molecule has 1 aromatic carbocycles. The van der Waals surface area contributed by atoms with Crippen LogP contribution in [0.5, 0.6) is 0 Å². The first-order chi connectivity index (χ1) is 14.6. The van der Waals surface area contributed by atoms with Crippen LogP contribution in [0.1, 0.15) is 65.8 Å². The number of rotatable bonds is 3. The lowest BCUT2D eigenvalue weighted by Crippen LogP contribution is -2.39. The second-order valence-electron chi connectivity index (χ2n) is 8.52. The fourth-order valence-corrected chi connectivity index (χ4v) is 5.02. The van der Waals surface area contributed by atoms with Crippen LogP contribution in [0.4, 0.5) is 5.69 Å². The molecular weight excluding hydrogens is 378 g/mol. The van der Waals surface area contributed by atoms with Gasteiger partial charge < -0.3 is 15.2 Å². The van der Waals surface area contributed by atoms with Gasteiger partial charge in [-0.2, -0.15) is 5.10 Å². The Morgan fingerprint density at radius 3 is 2.93 bits per heavy atom. The number of hydrogen-bond acceptors (Lipinski definition) is 3. The molecule has 0 spiro atoms. The van der Waals surface area contributed by atoms with Crippen molar-refractivity contribution in [2.24, 2.45) is 0 Å². The van der Waals surface area contributed by atoms with Gasteiger partial charge in [0.15, 0.2) is 0 Å². The Labute approximate surface area is 175 Å². The molecule has 1 fully saturated rings. The molecule has 1 saturated heterocycles. The normalized spacial score (nSPS) is 19.0. The van der Waals surface area contributed by atoms with Crippen molar-refractivity contribution in [3.8, 4) is 0 Å². The van der Waals surface area contributed by atoms with E-state index in [0.717, 1.165) is 49.0 Å². The third-order valence-electron chi connectivity index (χ3n) is 6.44. The number of anilines is 1. The van der Waals surface area contributed by atoms with Crippen LogP contribution < -0.4 is 5.32 Å². The van der Waals surface area contributed by atoms with Gasteiger partial charge >= 0.3 is 0 Å². The first-order valence-electron chi connectivity index (χ1n) is 10.8. The minimum absolute atomic E-state index is 0.0768. The third-order valence-corrected chi connectivity index (χ3v) is 6.44. The third kappa shape index (κ3) is 3.38. The first kappa shape index (κ1) is 18.9. The van der Waals surface area contributed by atoms with Gasteiger partial charge in [0, 0.05) is 48.1 Å². The molecule has 5 rings (SSSR count). The number of likely N-dealkylation sites (tertiary alicyclic amines) is 1. The van der Waals surface area contributed by atoms with Gasteiger partial charge in [-0.25, -0.2) is 0 Å². The van der Waals surface area contributed by atoms with Gasteiger partial charge in [0.05, 0.1) is 17.6 Å². The first-order valence-corrected chi connectivity index (χ1v) is 10.8. The molecule has 0 radical (unpaired) electrons. The summed E-state index contributed by atoms with van der Waals surface area (Å²) in [6, 6.07) is 6.06. The molecule has 3 N–H and O–H groups in total. The summed E-state index contributed by atoms with van der Waals surface area (Å²) in [6.07, 6.45) is 8.16. The summed E-state index contributed by atoms with van der Waals surface area (Å²) >= 11 is 0. The van der Waals surface area contributed by atoms with Crippen LogP contribution in [0.25, 0.3) is 10.9 Å². The van der Waals surface area contributed by atoms with Gasteiger partial charge in [-0.3, -0.25) is 14.7 Å². The van der Waals surface area contributed by atoms with Gasteiger partial charge in [-0.1, -0.05) is 0 Å². The van der Waals surface area contributed by atoms with E-state index in [9.17, 15) is 9.59 Å². The minimum atomic E-state index is -0.121. The van der Waals surface area contributed by atoms with Crippen LogP contribution in [-0.4, -0.2) is 45.0 Å². The summed E-state index contributed by atoms with van der Waals surface area (Å²) in [6.45, 7) is 2.86. The molecule has 156 valence electrons. The predicted molar refractivity (Wildman–Crippen MR) is 116 cm³/mol. The lowest BCUT2D eigenvalue weighted by Gasteiger charge is -2.32. The van der Waals surface area contributed by atoms with E-state index in [1.807, 2.05) is 17.0 Å². The zero-order valence-corrected chi connectivity index (χ0v) is 17.3. The fraction of sp³-hybridized carbons (Fsp3) is 0.435. The van der Waals surface area contributed by atoms with Gasteiger partial charge in [-0.15, -0.1) is 0 Å². The van der Waals surface area contributed by atoms with Gasteiger partial charge in [0.2, 0.25) is 5.91 Å². The highest BCUT2D eigenvalue weighted by molar-refractivity contribution is 5.99. The standard InChI is InChI=1S/C23H27N5O2/c1-14(29)25-21-12-24-27-22(21)16-5-4-10-28(13-16)23(30)15-8-9-20-18(11-15)17-6-2-3-7-19(17)26-20/h8-9,11-12,16,26H,2-7,10,13H2,1H3,(H,24,27)(H,25,29). The van der Waals surface area contributed by atoms with E-state index in [0.29, 0.717) is 12.2 Å². The minimum Gasteiger partial charge on any atom is -0.358 e. The fourth-order valence-electron chi connectivity index (χ4n) is 5.02. The highest BCUT2D eigenvalue weighted by atomic mass is 16.2. The molecule has 0 bridgehead atoms. The summed E-state index contributed by atoms with van der Waals surface area (Å²) in [5, 5.41) is 11.2. The number of nitrogens with zero attached hydrogens (tertiary/aromatic N) is 2. The molecule has 7 nitrogen and oxygen atoms in total. The number of benzene rings is 1. The number of carbonyl (C=O) groups excluding carboxylic acids is 2. The molecule has 2 aromatic heterocycles. The molecule has 2 amide bonds. The maximum Gasteiger partial charge on any atom is 0.253 e. The molecule has 7 heteroatoms. The van der Waals surface area contributed by atoms with E-state index in [2.05, 4.69) is 26.6 Å². The van der Waals surface area contributed by atoms with Crippen molar-refractivity contribution in [2.75, 3.05) is 18.4 Å². The molecule has 0 saturated carbocycles. The smallest absolute Gasteiger partial charge is 0.253 e. The molecule has 2 aliphatic rings. The van der Waals surface area contributed by atoms with Crippen LogP contribution in [-0.2, 0) is 17.6 Å². The Bertz CT molecular complexity index is 1110. The average Bonchev–Trinajstić information content (AvgIpc) is 3.36. The maximum atomic E-state index is 13.3. The van der Waals surface area contributed by atoms with E-state index in [4.69, 9.17) is 0 Å². The number of aryl methyl sites for hydroxylation is 2. The zero-order chi connectivity index (χ0) is 20.7. The molecule has 1 atom stereocenters. The SMILES string of the molecule is CC(=O)Nc1cn[nH]c1C1CCCN(C(=O)c2ccc3[nH]c4c(c3c2)CCCC4)C1. The van der Waals surface area contributed by atoms with E-state index >= 15 is 0 Å². The number of carbonyl (C=O) groups is 2. The molecular formula is C23H27N5O2. The molecule has 30 heavy (non-hydrogen) atoms. The molecule has 3 aromatic rings. The van der Waals surface area contributed by atoms with Crippen molar-refractivity contribution in [1.82, 2.24) is 20.1 Å². The van der Waals surface area contributed by atoms with Gasteiger partial charge in [-0.05, 0) is 62.3 Å². The van der Waals surface area contributed by atoms with Gasteiger partial charge in [0.25, 0.3) is 5.91 Å². The Kier molecular flexibility index (Phi) is 4.81. The zero-order valence-electron chi connectivity index (χ0n) is 17.3. The highest BCUT2D eigenvalue weighted by Gasteiger charge is 2.28. The Morgan fingerprint density at radius 1 is 1.20 bits per heavy atom. The van der Waals surface area contributed by atoms with Crippen molar-refractivity contribution < 1.29 is 9.59 Å². The van der Waals surface area contributed by atoms with E-state index < -0.39 is 0 Å². The number of aromatic amines is 2. The number of aromatic nitrogens is 3. The van der Waals surface area contributed by atoms with Crippen molar-refractivity contribution in [3.63, 3.8) is 0 Å². The monoisotopic (exact) mass is 405 g/mol. The summed E-state index contributed by atoms with van der Waals surface area (Å²) in [7, 11) is 0. The molecule has 1 aliphatic carbocycles. The molecule has 1 unspecified atom stereocenters. The number of nitrogens with one attached hydrogen (secondary N) is 3. The molecule has 1 aliphatic heterocycles. The largest absolute Gasteiger partial charge is 0.358 e. The second-order valence-corrected chi connectivity index (χ2v) is 8.52. The van der Waals surface area contributed by atoms with Crippen molar-refractivity contribution in [3.05, 3.63) is 46.9 Å². The summed E-state index contributed by atoms with van der Waals surface area (Å²) in [5.41, 5.74) is 6.22. The topological polar surface area (TPSA) is 93.9 Å². The van der Waals surface area contributed by atoms with Crippen LogP contribution in [0, 0.1) is 0 Å². The maximum absolute atomic E-state index is 13.3. The van der Waals surface area contributed by atoms with Crippen LogP contribution in [0.2, 0.25) is 0 Å². The number of hydrogen-bond donors (Lipinski definition) is 3. The van der Waals surface area contributed by atoms with E-state index in [1.54, 1.807) is 6.20 Å². The van der Waals surface area contributed by atoms with Crippen molar-refractivity contribution >= 4 is 28.4 Å². The summed E-state index contributed by atoms with van der Waals surface area (Å²) in [5.74, 6) is 0.0910. The van der Waals surface area contributed by atoms with Crippen molar-refractivity contribution in [2.45, 2.75) is 51.4 Å². The molecule has 3 heterocycles. The Morgan fingerprint density at radius 2 is 2.07 bits per heavy atom. The summed E-state index contributed by atoms with van der Waals surface area (Å²) in [4.78, 5) is 30.3. The van der Waals surface area contributed by atoms with E-state index in [1.165, 1.54) is 36.4 Å². The Balaban J connectivity index is 1.38.